The molecule has 0 radical (unpaired) electrons. The molecule has 0 spiro atoms. The molecule has 2 unspecified atom stereocenters. The zero-order valence-corrected chi connectivity index (χ0v) is 19.4. The van der Waals surface area contributed by atoms with Crippen LogP contribution in [-0.2, 0) is 30.9 Å². The van der Waals surface area contributed by atoms with Crippen molar-refractivity contribution in [3.63, 3.8) is 0 Å². The van der Waals surface area contributed by atoms with Crippen molar-refractivity contribution < 1.29 is 32.2 Å². The molecule has 1 aliphatic rings. The van der Waals surface area contributed by atoms with Crippen LogP contribution in [0.3, 0.4) is 0 Å². The molecule has 0 saturated heterocycles. The number of para-hydroxylation sites is 2. The van der Waals surface area contributed by atoms with E-state index in [4.69, 9.17) is 19.3 Å². The van der Waals surface area contributed by atoms with Gasteiger partial charge in [0.2, 0.25) is 16.1 Å². The topological polar surface area (TPSA) is 139 Å². The molecule has 0 aliphatic carbocycles. The van der Waals surface area contributed by atoms with E-state index in [0.717, 1.165) is 11.3 Å². The molecule has 2 atom stereocenters. The summed E-state index contributed by atoms with van der Waals surface area (Å²) >= 11 is 1.04. The summed E-state index contributed by atoms with van der Waals surface area (Å²) in [4.78, 5) is 29.5. The summed E-state index contributed by atoms with van der Waals surface area (Å²) in [6.45, 7) is 3.35. The third-order valence-corrected chi connectivity index (χ3v) is 6.82. The molecule has 33 heavy (non-hydrogen) atoms. The van der Waals surface area contributed by atoms with Crippen molar-refractivity contribution in [2.24, 2.45) is 10.1 Å². The minimum Gasteiger partial charge on any atom is -0.482 e. The number of rotatable bonds is 5. The summed E-state index contributed by atoms with van der Waals surface area (Å²) in [6, 6.07) is 11.2. The minimum absolute atomic E-state index is 0.0911. The molecular weight excluding hydrogens is 470 g/mol. The molecule has 0 saturated carbocycles. The Balaban J connectivity index is 1.77. The van der Waals surface area contributed by atoms with Gasteiger partial charge in [0.15, 0.2) is 16.3 Å². The standard InChI is InChI=1S/C21H21N3O7S2/c1-3-29-18(25)11-24-14-9-8-13(33(22,27)28)10-17(14)32-21(24)23-20(26)19-12(2)30-15-6-4-5-7-16(15)31-19/h4-10,12,19H,3,11H2,1-2H3,(H2,22,27,28). The second kappa shape index (κ2) is 8.96. The second-order valence-electron chi connectivity index (χ2n) is 7.21. The van der Waals surface area contributed by atoms with Crippen LogP contribution in [-0.4, -0.2) is 43.7 Å². The Kier molecular flexibility index (Phi) is 6.23. The van der Waals surface area contributed by atoms with Gasteiger partial charge in [0.1, 0.15) is 12.6 Å². The van der Waals surface area contributed by atoms with Gasteiger partial charge in [-0.1, -0.05) is 23.5 Å². The maximum atomic E-state index is 13.0. The SMILES string of the molecule is CCOC(=O)Cn1c(=NC(=O)C2Oc3ccccc3OC2C)sc2cc(S(N)(=O)=O)ccc21. The normalized spacial score (nSPS) is 18.3. The Morgan fingerprint density at radius 3 is 2.55 bits per heavy atom. The van der Waals surface area contributed by atoms with Gasteiger partial charge in [-0.25, -0.2) is 13.6 Å². The molecule has 2 heterocycles. The Bertz CT molecular complexity index is 1410. The summed E-state index contributed by atoms with van der Waals surface area (Å²) in [5.74, 6) is -0.171. The molecule has 10 nitrogen and oxygen atoms in total. The van der Waals surface area contributed by atoms with Crippen LogP contribution in [0.2, 0.25) is 0 Å². The first-order valence-corrected chi connectivity index (χ1v) is 12.4. The first kappa shape index (κ1) is 23.0. The van der Waals surface area contributed by atoms with E-state index in [1.807, 2.05) is 0 Å². The number of aromatic nitrogens is 1. The van der Waals surface area contributed by atoms with Crippen molar-refractivity contribution in [3.05, 3.63) is 47.3 Å². The number of fused-ring (bicyclic) bond motifs is 2. The Labute approximate surface area is 193 Å². The molecule has 4 rings (SSSR count). The Morgan fingerprint density at radius 2 is 1.88 bits per heavy atom. The van der Waals surface area contributed by atoms with Gasteiger partial charge in [-0.05, 0) is 44.2 Å². The highest BCUT2D eigenvalue weighted by Gasteiger charge is 2.34. The van der Waals surface area contributed by atoms with Crippen molar-refractivity contribution in [3.8, 4) is 11.5 Å². The molecule has 2 aromatic carbocycles. The van der Waals surface area contributed by atoms with Gasteiger partial charge in [-0.2, -0.15) is 4.99 Å². The number of esters is 1. The molecule has 0 bridgehead atoms. The number of benzene rings is 2. The van der Waals surface area contributed by atoms with E-state index in [2.05, 4.69) is 4.99 Å². The number of carbonyl (C=O) groups excluding carboxylic acids is 2. The second-order valence-corrected chi connectivity index (χ2v) is 9.78. The van der Waals surface area contributed by atoms with Gasteiger partial charge in [0.05, 0.1) is 21.7 Å². The number of hydrogen-bond acceptors (Lipinski definition) is 8. The van der Waals surface area contributed by atoms with E-state index in [-0.39, 0.29) is 22.8 Å². The van der Waals surface area contributed by atoms with Gasteiger partial charge < -0.3 is 18.8 Å². The molecule has 1 aliphatic heterocycles. The van der Waals surface area contributed by atoms with Crippen molar-refractivity contribution in [1.29, 1.82) is 0 Å². The lowest BCUT2D eigenvalue weighted by molar-refractivity contribution is -0.143. The largest absolute Gasteiger partial charge is 0.482 e. The van der Waals surface area contributed by atoms with Crippen LogP contribution in [0.4, 0.5) is 0 Å². The van der Waals surface area contributed by atoms with Crippen LogP contribution in [0.15, 0.2) is 52.4 Å². The van der Waals surface area contributed by atoms with Gasteiger partial charge >= 0.3 is 5.97 Å². The van der Waals surface area contributed by atoms with E-state index >= 15 is 0 Å². The number of nitrogens with zero attached hydrogens (tertiary/aromatic N) is 2. The number of amides is 1. The fraction of sp³-hybridized carbons (Fsp3) is 0.286. The van der Waals surface area contributed by atoms with Crippen LogP contribution in [0.1, 0.15) is 13.8 Å². The van der Waals surface area contributed by atoms with Crippen molar-refractivity contribution in [2.45, 2.75) is 37.5 Å². The van der Waals surface area contributed by atoms with Crippen molar-refractivity contribution in [2.75, 3.05) is 6.61 Å². The number of carbonyl (C=O) groups is 2. The summed E-state index contributed by atoms with van der Waals surface area (Å²) in [5, 5.41) is 5.23. The van der Waals surface area contributed by atoms with Crippen LogP contribution in [0.25, 0.3) is 10.2 Å². The molecule has 1 aromatic heterocycles. The monoisotopic (exact) mass is 491 g/mol. The maximum Gasteiger partial charge on any atom is 0.326 e. The van der Waals surface area contributed by atoms with Crippen molar-refractivity contribution >= 4 is 43.5 Å². The van der Waals surface area contributed by atoms with E-state index < -0.39 is 34.1 Å². The summed E-state index contributed by atoms with van der Waals surface area (Å²) in [5.41, 5.74) is 0.506. The fourth-order valence-electron chi connectivity index (χ4n) is 3.35. The summed E-state index contributed by atoms with van der Waals surface area (Å²) in [6.07, 6.45) is -1.60. The number of ether oxygens (including phenoxy) is 3. The smallest absolute Gasteiger partial charge is 0.326 e. The lowest BCUT2D eigenvalue weighted by Gasteiger charge is -2.29. The average molecular weight is 492 g/mol. The number of nitrogens with two attached hydrogens (primary N) is 1. The zero-order chi connectivity index (χ0) is 23.8. The van der Waals surface area contributed by atoms with Crippen molar-refractivity contribution in [1.82, 2.24) is 4.57 Å². The number of thiazole rings is 1. The highest BCUT2D eigenvalue weighted by atomic mass is 32.2. The average Bonchev–Trinajstić information content (AvgIpc) is 3.08. The molecule has 1 amide bonds. The van der Waals surface area contributed by atoms with Gasteiger partial charge in [0, 0.05) is 0 Å². The zero-order valence-electron chi connectivity index (χ0n) is 17.8. The predicted octanol–water partition coefficient (Wildman–Crippen LogP) is 1.57. The van der Waals surface area contributed by atoms with E-state index in [1.54, 1.807) is 38.1 Å². The molecular formula is C21H21N3O7S2. The van der Waals surface area contributed by atoms with Crippen LogP contribution in [0, 0.1) is 0 Å². The summed E-state index contributed by atoms with van der Waals surface area (Å²) in [7, 11) is -3.93. The van der Waals surface area contributed by atoms with Crippen LogP contribution < -0.4 is 19.4 Å². The lowest BCUT2D eigenvalue weighted by Crippen LogP contribution is -2.43. The van der Waals surface area contributed by atoms with E-state index in [0.29, 0.717) is 21.7 Å². The van der Waals surface area contributed by atoms with Gasteiger partial charge in [-0.15, -0.1) is 0 Å². The highest BCUT2D eigenvalue weighted by molar-refractivity contribution is 7.89. The maximum absolute atomic E-state index is 13.0. The third-order valence-electron chi connectivity index (χ3n) is 4.87. The number of sulfonamides is 1. The number of hydrogen-bond donors (Lipinski definition) is 1. The third kappa shape index (κ3) is 4.77. The number of primary sulfonamides is 1. The molecule has 0 fully saturated rings. The fourth-order valence-corrected chi connectivity index (χ4v) is 5.04. The quantitative estimate of drug-likeness (QED) is 0.534. The first-order chi connectivity index (χ1) is 15.7. The summed E-state index contributed by atoms with van der Waals surface area (Å²) < 4.78 is 42.1. The van der Waals surface area contributed by atoms with Gasteiger partial charge in [0.25, 0.3) is 5.91 Å². The lowest BCUT2D eigenvalue weighted by atomic mass is 10.1. The first-order valence-electron chi connectivity index (χ1n) is 10.00. The Hall–Kier alpha value is -3.22. The Morgan fingerprint density at radius 1 is 1.18 bits per heavy atom. The van der Waals surface area contributed by atoms with Crippen LogP contribution in [0.5, 0.6) is 11.5 Å². The molecule has 2 N–H and O–H groups in total. The predicted molar refractivity (Wildman–Crippen MR) is 119 cm³/mol. The molecule has 174 valence electrons. The minimum atomic E-state index is -3.93. The van der Waals surface area contributed by atoms with Crippen LogP contribution >= 0.6 is 11.3 Å². The highest BCUT2D eigenvalue weighted by Crippen LogP contribution is 2.33. The molecule has 3 aromatic rings. The molecule has 12 heteroatoms. The van der Waals surface area contributed by atoms with Gasteiger partial charge in [-0.3, -0.25) is 9.59 Å². The van der Waals surface area contributed by atoms with E-state index in [1.165, 1.54) is 22.8 Å². The van der Waals surface area contributed by atoms with E-state index in [9.17, 15) is 18.0 Å².